The van der Waals surface area contributed by atoms with Crippen molar-refractivity contribution in [3.05, 3.63) is 42.0 Å². The van der Waals surface area contributed by atoms with Crippen molar-refractivity contribution in [3.8, 4) is 5.75 Å². The van der Waals surface area contributed by atoms with Gasteiger partial charge in [-0.15, -0.1) is 13.2 Å². The molecule has 0 aliphatic carbocycles. The largest absolute Gasteiger partial charge is 0.573 e. The van der Waals surface area contributed by atoms with Crippen LogP contribution < -0.4 is 4.74 Å². The second-order valence-corrected chi connectivity index (χ2v) is 3.55. The summed E-state index contributed by atoms with van der Waals surface area (Å²) in [5.41, 5.74) is -0.319. The third kappa shape index (κ3) is 2.52. The molecule has 0 atom stereocenters. The van der Waals surface area contributed by atoms with Crippen molar-refractivity contribution in [1.29, 1.82) is 0 Å². The van der Waals surface area contributed by atoms with Crippen LogP contribution in [-0.2, 0) is 0 Å². The molecule has 0 aromatic heterocycles. The average Bonchev–Trinajstić information content (AvgIpc) is 2.26. The Balaban J connectivity index is 2.60. The fourth-order valence-corrected chi connectivity index (χ4v) is 1.71. The fraction of sp³-hybridized carbons (Fsp3) is 0.167. The Morgan fingerprint density at radius 3 is 2.11 bits per heavy atom. The number of halogens is 5. The van der Waals surface area contributed by atoms with Gasteiger partial charge < -0.3 is 4.74 Å². The van der Waals surface area contributed by atoms with Gasteiger partial charge in [-0.3, -0.25) is 0 Å². The number of benzene rings is 2. The molecule has 0 radical (unpaired) electrons. The van der Waals surface area contributed by atoms with Crippen LogP contribution >= 0.6 is 0 Å². The van der Waals surface area contributed by atoms with Crippen LogP contribution in [0.2, 0.25) is 0 Å². The topological polar surface area (TPSA) is 9.23 Å². The van der Waals surface area contributed by atoms with Crippen LogP contribution in [-0.4, -0.2) is 6.36 Å². The minimum atomic E-state index is -4.85. The Kier molecular flexibility index (Phi) is 3.11. The Labute approximate surface area is 98.8 Å². The Bertz CT molecular complexity index is 562. The number of rotatable bonds is 2. The van der Waals surface area contributed by atoms with E-state index in [1.807, 2.05) is 0 Å². The lowest BCUT2D eigenvalue weighted by Gasteiger charge is -2.12. The first-order valence-corrected chi connectivity index (χ1v) is 4.94. The van der Waals surface area contributed by atoms with Crippen molar-refractivity contribution < 1.29 is 26.7 Å². The van der Waals surface area contributed by atoms with Crippen molar-refractivity contribution in [2.24, 2.45) is 0 Å². The van der Waals surface area contributed by atoms with Gasteiger partial charge in [0.05, 0.1) is 0 Å². The van der Waals surface area contributed by atoms with E-state index in [-0.39, 0.29) is 16.3 Å². The lowest BCUT2D eigenvalue weighted by Crippen LogP contribution is -2.17. The summed E-state index contributed by atoms with van der Waals surface area (Å²) in [4.78, 5) is 0. The maximum atomic E-state index is 12.7. The predicted molar refractivity (Wildman–Crippen MR) is 55.6 cm³/mol. The number of alkyl halides is 5. The highest BCUT2D eigenvalue weighted by Crippen LogP contribution is 2.34. The van der Waals surface area contributed by atoms with Crippen molar-refractivity contribution in [2.45, 2.75) is 12.8 Å². The summed E-state index contributed by atoms with van der Waals surface area (Å²) in [7, 11) is 0. The highest BCUT2D eigenvalue weighted by atomic mass is 19.4. The van der Waals surface area contributed by atoms with E-state index in [2.05, 4.69) is 4.74 Å². The van der Waals surface area contributed by atoms with Crippen LogP contribution in [0.1, 0.15) is 12.0 Å². The molecule has 0 saturated heterocycles. The van der Waals surface area contributed by atoms with Gasteiger partial charge in [0, 0.05) is 10.9 Å². The van der Waals surface area contributed by atoms with Crippen LogP contribution in [0.25, 0.3) is 10.8 Å². The van der Waals surface area contributed by atoms with Gasteiger partial charge in [0.1, 0.15) is 5.75 Å². The minimum Gasteiger partial charge on any atom is -0.405 e. The summed E-state index contributed by atoms with van der Waals surface area (Å²) in [6.45, 7) is 0. The van der Waals surface area contributed by atoms with Crippen LogP contribution in [0.3, 0.4) is 0 Å². The lowest BCUT2D eigenvalue weighted by molar-refractivity contribution is -0.274. The van der Waals surface area contributed by atoms with Gasteiger partial charge in [-0.05, 0) is 11.5 Å². The molecule has 0 aliphatic rings. The quantitative estimate of drug-likeness (QED) is 0.714. The van der Waals surface area contributed by atoms with Crippen LogP contribution in [0.15, 0.2) is 36.4 Å². The Morgan fingerprint density at radius 2 is 1.50 bits per heavy atom. The molecule has 96 valence electrons. The van der Waals surface area contributed by atoms with E-state index in [0.29, 0.717) is 0 Å². The fourth-order valence-electron chi connectivity index (χ4n) is 1.71. The molecule has 0 saturated carbocycles. The average molecular weight is 262 g/mol. The summed E-state index contributed by atoms with van der Waals surface area (Å²) in [6.07, 6.45) is -7.61. The van der Waals surface area contributed by atoms with Crippen molar-refractivity contribution in [2.75, 3.05) is 0 Å². The van der Waals surface area contributed by atoms with Gasteiger partial charge in [0.25, 0.3) is 6.43 Å². The second kappa shape index (κ2) is 4.44. The summed E-state index contributed by atoms with van der Waals surface area (Å²) in [6, 6.07) is 7.42. The second-order valence-electron chi connectivity index (χ2n) is 3.55. The molecule has 2 rings (SSSR count). The number of ether oxygens (including phenoxy) is 1. The molecule has 0 aliphatic heterocycles. The molecule has 0 unspecified atom stereocenters. The van der Waals surface area contributed by atoms with Gasteiger partial charge in [0.15, 0.2) is 0 Å². The van der Waals surface area contributed by atoms with E-state index in [4.69, 9.17) is 0 Å². The zero-order valence-electron chi connectivity index (χ0n) is 8.84. The first kappa shape index (κ1) is 12.6. The highest BCUT2D eigenvalue weighted by Gasteiger charge is 2.31. The maximum absolute atomic E-state index is 12.7. The summed E-state index contributed by atoms with van der Waals surface area (Å²) in [5, 5.41) is 0.0573. The first-order valence-electron chi connectivity index (χ1n) is 4.94. The molecule has 18 heavy (non-hydrogen) atoms. The Hall–Kier alpha value is -1.85. The van der Waals surface area contributed by atoms with E-state index in [1.165, 1.54) is 30.3 Å². The molecular weight excluding hydrogens is 255 g/mol. The first-order chi connectivity index (χ1) is 8.38. The summed E-state index contributed by atoms with van der Waals surface area (Å²) >= 11 is 0. The molecule has 0 bridgehead atoms. The number of hydrogen-bond acceptors (Lipinski definition) is 1. The molecule has 2 aromatic carbocycles. The normalized spacial score (nSPS) is 12.1. The summed E-state index contributed by atoms with van der Waals surface area (Å²) < 4.78 is 65.7. The monoisotopic (exact) mass is 262 g/mol. The zero-order chi connectivity index (χ0) is 13.3. The number of hydrogen-bond donors (Lipinski definition) is 0. The summed E-state index contributed by atoms with van der Waals surface area (Å²) in [5.74, 6) is -0.484. The Morgan fingerprint density at radius 1 is 0.889 bits per heavy atom. The van der Waals surface area contributed by atoms with Crippen LogP contribution in [0, 0.1) is 0 Å². The molecule has 6 heteroatoms. The van der Waals surface area contributed by atoms with Crippen molar-refractivity contribution >= 4 is 10.8 Å². The van der Waals surface area contributed by atoms with Crippen molar-refractivity contribution in [1.82, 2.24) is 0 Å². The van der Waals surface area contributed by atoms with Gasteiger partial charge in [0.2, 0.25) is 0 Å². The molecular formula is C12H7F5O. The zero-order valence-corrected chi connectivity index (χ0v) is 8.84. The lowest BCUT2D eigenvalue weighted by atomic mass is 10.0. The van der Waals surface area contributed by atoms with E-state index in [1.54, 1.807) is 0 Å². The van der Waals surface area contributed by atoms with E-state index in [0.717, 1.165) is 6.07 Å². The number of fused-ring (bicyclic) bond motifs is 1. The molecule has 2 aromatic rings. The minimum absolute atomic E-state index is 0.00706. The molecule has 0 heterocycles. The van der Waals surface area contributed by atoms with Gasteiger partial charge in [-0.25, -0.2) is 8.78 Å². The van der Waals surface area contributed by atoms with E-state index < -0.39 is 18.5 Å². The molecule has 1 nitrogen and oxygen atoms in total. The highest BCUT2D eigenvalue weighted by molar-refractivity contribution is 5.91. The van der Waals surface area contributed by atoms with Gasteiger partial charge >= 0.3 is 6.36 Å². The predicted octanol–water partition coefficient (Wildman–Crippen LogP) is 4.68. The van der Waals surface area contributed by atoms with E-state index >= 15 is 0 Å². The molecule has 0 amide bonds. The maximum Gasteiger partial charge on any atom is 0.573 e. The van der Waals surface area contributed by atoms with Gasteiger partial charge in [-0.2, -0.15) is 0 Å². The SMILES string of the molecule is FC(F)c1cccc2c(OC(F)(F)F)cccc12. The smallest absolute Gasteiger partial charge is 0.405 e. The van der Waals surface area contributed by atoms with Crippen LogP contribution in [0.5, 0.6) is 5.75 Å². The molecule has 0 fully saturated rings. The van der Waals surface area contributed by atoms with Crippen molar-refractivity contribution in [3.63, 3.8) is 0 Å². The van der Waals surface area contributed by atoms with Crippen LogP contribution in [0.4, 0.5) is 22.0 Å². The standard InChI is InChI=1S/C12H7F5O/c13-11(14)9-5-1-4-8-7(9)3-2-6-10(8)18-12(15,16)17/h1-6,11H. The molecule has 0 spiro atoms. The van der Waals surface area contributed by atoms with E-state index in [9.17, 15) is 22.0 Å². The third-order valence-corrected chi connectivity index (χ3v) is 2.38. The van der Waals surface area contributed by atoms with Gasteiger partial charge in [-0.1, -0.05) is 30.3 Å². The molecule has 0 N–H and O–H groups in total. The third-order valence-electron chi connectivity index (χ3n) is 2.38.